The van der Waals surface area contributed by atoms with Crippen LogP contribution in [-0.2, 0) is 30.4 Å². The van der Waals surface area contributed by atoms with Crippen molar-refractivity contribution in [2.24, 2.45) is 0 Å². The second-order valence-electron chi connectivity index (χ2n) is 6.42. The van der Waals surface area contributed by atoms with Crippen LogP contribution >= 0.6 is 0 Å². The third-order valence-electron chi connectivity index (χ3n) is 4.33. The number of sulfone groups is 1. The van der Waals surface area contributed by atoms with Crippen LogP contribution in [0.1, 0.15) is 16.3 Å². The maximum absolute atomic E-state index is 12.4. The third kappa shape index (κ3) is 5.66. The predicted molar refractivity (Wildman–Crippen MR) is 105 cm³/mol. The molecule has 29 heavy (non-hydrogen) atoms. The average Bonchev–Trinajstić information content (AvgIpc) is 3.17. The number of nitrogens with zero attached hydrogens (tertiary/aromatic N) is 1. The van der Waals surface area contributed by atoms with Crippen molar-refractivity contribution < 1.29 is 30.8 Å². The second-order valence-corrected chi connectivity index (χ2v) is 10.5. The molecule has 2 aromatic rings. The summed E-state index contributed by atoms with van der Waals surface area (Å²) >= 11 is 0. The normalized spacial score (nSPS) is 15.9. The van der Waals surface area contributed by atoms with Crippen molar-refractivity contribution in [1.29, 1.82) is 0 Å². The molecule has 0 saturated carbocycles. The number of amides is 1. The Bertz CT molecular complexity index is 1040. The number of carbonyl (C=O) groups is 1. The van der Waals surface area contributed by atoms with Gasteiger partial charge >= 0.3 is 0 Å². The molecule has 1 N–H and O–H groups in total. The van der Waals surface area contributed by atoms with Gasteiger partial charge in [0.2, 0.25) is 10.0 Å². The molecule has 0 bridgehead atoms. The van der Waals surface area contributed by atoms with Crippen molar-refractivity contribution in [2.75, 3.05) is 38.6 Å². The van der Waals surface area contributed by atoms with Gasteiger partial charge in [0.25, 0.3) is 5.91 Å². The lowest BCUT2D eigenvalue weighted by Gasteiger charge is -2.25. The topological polar surface area (TPSA) is 123 Å². The predicted octanol–water partition coefficient (Wildman–Crippen LogP) is 0.645. The van der Waals surface area contributed by atoms with Crippen molar-refractivity contribution in [2.45, 2.75) is 10.6 Å². The molecule has 158 valence electrons. The number of furan rings is 1. The van der Waals surface area contributed by atoms with Crippen LogP contribution in [0.2, 0.25) is 0 Å². The molecule has 0 spiro atoms. The van der Waals surface area contributed by atoms with E-state index in [0.717, 1.165) is 0 Å². The Morgan fingerprint density at radius 3 is 2.38 bits per heavy atom. The van der Waals surface area contributed by atoms with Crippen molar-refractivity contribution in [3.8, 4) is 0 Å². The Kier molecular flexibility index (Phi) is 6.73. The van der Waals surface area contributed by atoms with E-state index in [1.807, 2.05) is 0 Å². The van der Waals surface area contributed by atoms with Crippen molar-refractivity contribution >= 4 is 25.8 Å². The van der Waals surface area contributed by atoms with E-state index in [-0.39, 0.29) is 34.5 Å². The van der Waals surface area contributed by atoms with Gasteiger partial charge in [0.1, 0.15) is 11.5 Å². The number of benzene rings is 1. The minimum Gasteiger partial charge on any atom is -0.455 e. The summed E-state index contributed by atoms with van der Waals surface area (Å²) in [5, 5.41) is 2.48. The molecule has 1 aromatic carbocycles. The number of sulfonamides is 1. The first-order valence-electron chi connectivity index (χ1n) is 8.98. The van der Waals surface area contributed by atoms with Crippen LogP contribution in [0.3, 0.4) is 0 Å². The summed E-state index contributed by atoms with van der Waals surface area (Å²) in [5.41, 5.74) is 0. The second kappa shape index (κ2) is 9.08. The molecule has 1 amide bonds. The van der Waals surface area contributed by atoms with Gasteiger partial charge in [0, 0.05) is 19.6 Å². The van der Waals surface area contributed by atoms with Gasteiger partial charge in [-0.3, -0.25) is 4.79 Å². The van der Waals surface area contributed by atoms with Crippen molar-refractivity contribution in [3.05, 3.63) is 54.0 Å². The van der Waals surface area contributed by atoms with E-state index < -0.39 is 25.8 Å². The third-order valence-corrected chi connectivity index (χ3v) is 7.86. The van der Waals surface area contributed by atoms with Crippen LogP contribution in [0.15, 0.2) is 51.8 Å². The van der Waals surface area contributed by atoms with Gasteiger partial charge in [0.15, 0.2) is 15.6 Å². The lowest BCUT2D eigenvalue weighted by atomic mass is 10.4. The molecule has 1 aliphatic heterocycles. The lowest BCUT2D eigenvalue weighted by Crippen LogP contribution is -2.43. The van der Waals surface area contributed by atoms with Crippen LogP contribution in [-0.4, -0.2) is 65.6 Å². The maximum atomic E-state index is 12.4. The van der Waals surface area contributed by atoms with Crippen LogP contribution < -0.4 is 5.32 Å². The van der Waals surface area contributed by atoms with Gasteiger partial charge < -0.3 is 14.5 Å². The Balaban J connectivity index is 1.54. The van der Waals surface area contributed by atoms with E-state index in [1.165, 1.54) is 28.6 Å². The van der Waals surface area contributed by atoms with Gasteiger partial charge in [-0.15, -0.1) is 0 Å². The molecule has 0 radical (unpaired) electrons. The van der Waals surface area contributed by atoms with Gasteiger partial charge in [-0.25, -0.2) is 16.8 Å². The van der Waals surface area contributed by atoms with Crippen LogP contribution in [0, 0.1) is 0 Å². The summed E-state index contributed by atoms with van der Waals surface area (Å²) in [6, 6.07) is 10.7. The van der Waals surface area contributed by atoms with Gasteiger partial charge in [-0.1, -0.05) is 18.2 Å². The smallest absolute Gasteiger partial charge is 0.287 e. The quantitative estimate of drug-likeness (QED) is 0.636. The molecule has 1 aromatic heterocycles. The van der Waals surface area contributed by atoms with E-state index in [1.54, 1.807) is 18.2 Å². The van der Waals surface area contributed by atoms with E-state index in [0.29, 0.717) is 26.3 Å². The largest absolute Gasteiger partial charge is 0.455 e. The molecule has 11 heteroatoms. The highest BCUT2D eigenvalue weighted by Crippen LogP contribution is 2.18. The fourth-order valence-electron chi connectivity index (χ4n) is 2.81. The molecular formula is C18H22N2O7S2. The summed E-state index contributed by atoms with van der Waals surface area (Å²) in [6.45, 7) is 1.22. The Morgan fingerprint density at radius 1 is 1.00 bits per heavy atom. The van der Waals surface area contributed by atoms with Crippen molar-refractivity contribution in [1.82, 2.24) is 9.62 Å². The first-order valence-corrected chi connectivity index (χ1v) is 12.2. The van der Waals surface area contributed by atoms with Gasteiger partial charge in [-0.2, -0.15) is 4.31 Å². The lowest BCUT2D eigenvalue weighted by molar-refractivity contribution is 0.0730. The molecule has 9 nitrogen and oxygen atoms in total. The maximum Gasteiger partial charge on any atom is 0.287 e. The first-order chi connectivity index (χ1) is 13.8. The zero-order chi connectivity index (χ0) is 20.9. The molecule has 2 heterocycles. The van der Waals surface area contributed by atoms with E-state index in [9.17, 15) is 21.6 Å². The standard InChI is InChI=1S/C18H22N2O7S2/c21-18(19-8-13-29(24,25)20-9-11-26-12-10-20)17-7-6-15(27-17)14-28(22,23)16-4-2-1-3-5-16/h1-7H,8-14H2,(H,19,21). The fraction of sp³-hybridized carbons (Fsp3) is 0.389. The number of rotatable bonds is 8. The van der Waals surface area contributed by atoms with Crippen molar-refractivity contribution in [3.63, 3.8) is 0 Å². The number of carbonyl (C=O) groups excluding carboxylic acids is 1. The minimum absolute atomic E-state index is 0.0768. The number of hydrogen-bond acceptors (Lipinski definition) is 7. The van der Waals surface area contributed by atoms with Crippen LogP contribution in [0.25, 0.3) is 0 Å². The Morgan fingerprint density at radius 2 is 1.69 bits per heavy atom. The highest BCUT2D eigenvalue weighted by atomic mass is 32.2. The average molecular weight is 443 g/mol. The fourth-order valence-corrected chi connectivity index (χ4v) is 5.40. The number of ether oxygens (including phenoxy) is 1. The number of hydrogen-bond donors (Lipinski definition) is 1. The molecule has 0 atom stereocenters. The molecule has 0 unspecified atom stereocenters. The minimum atomic E-state index is -3.59. The summed E-state index contributed by atoms with van der Waals surface area (Å²) in [4.78, 5) is 12.3. The summed E-state index contributed by atoms with van der Waals surface area (Å²) in [6.07, 6.45) is 0. The Hall–Kier alpha value is -2.21. The summed E-state index contributed by atoms with van der Waals surface area (Å²) in [5.74, 6) is -1.18. The summed E-state index contributed by atoms with van der Waals surface area (Å²) < 4.78 is 61.0. The van der Waals surface area contributed by atoms with E-state index in [4.69, 9.17) is 9.15 Å². The Labute approximate surface area is 169 Å². The van der Waals surface area contributed by atoms with Gasteiger partial charge in [-0.05, 0) is 24.3 Å². The monoisotopic (exact) mass is 442 g/mol. The molecule has 1 aliphatic rings. The van der Waals surface area contributed by atoms with E-state index >= 15 is 0 Å². The van der Waals surface area contributed by atoms with E-state index in [2.05, 4.69) is 5.32 Å². The SMILES string of the molecule is O=C(NCCS(=O)(=O)N1CCOCC1)c1ccc(CS(=O)(=O)c2ccccc2)o1. The zero-order valence-corrected chi connectivity index (χ0v) is 17.2. The molecular weight excluding hydrogens is 420 g/mol. The molecule has 3 rings (SSSR count). The zero-order valence-electron chi connectivity index (χ0n) is 15.6. The van der Waals surface area contributed by atoms with Crippen LogP contribution in [0.4, 0.5) is 0 Å². The molecule has 0 aliphatic carbocycles. The number of nitrogens with one attached hydrogen (secondary N) is 1. The molecule has 1 fully saturated rings. The highest BCUT2D eigenvalue weighted by Gasteiger charge is 2.24. The highest BCUT2D eigenvalue weighted by molar-refractivity contribution is 7.90. The van der Waals surface area contributed by atoms with Crippen LogP contribution in [0.5, 0.6) is 0 Å². The summed E-state index contributed by atoms with van der Waals surface area (Å²) in [7, 11) is -7.08. The molecule has 1 saturated heterocycles. The first kappa shape index (κ1) is 21.5. The van der Waals surface area contributed by atoms with Gasteiger partial charge in [0.05, 0.1) is 23.9 Å². The number of morpholine rings is 1.